The van der Waals surface area contributed by atoms with Crippen molar-refractivity contribution in [3.63, 3.8) is 0 Å². The van der Waals surface area contributed by atoms with Crippen LogP contribution in [0, 0.1) is 6.92 Å². The molecule has 0 bridgehead atoms. The molecule has 0 unspecified atom stereocenters. The van der Waals surface area contributed by atoms with Gasteiger partial charge in [-0.05, 0) is 39.3 Å². The molecule has 0 aliphatic carbocycles. The normalized spacial score (nSPS) is 18.0. The number of hydrogen-bond acceptors (Lipinski definition) is 5. The maximum atomic E-state index is 12.6. The molecular formula is C17H22N6O. The van der Waals surface area contributed by atoms with E-state index in [1.54, 1.807) is 12.4 Å². The first-order chi connectivity index (χ1) is 11.7. The molecule has 0 atom stereocenters. The number of carbonyl (C=O) groups is 1. The van der Waals surface area contributed by atoms with Crippen molar-refractivity contribution in [2.45, 2.75) is 39.3 Å². The summed E-state index contributed by atoms with van der Waals surface area (Å²) < 4.78 is 0. The number of amides is 1. The van der Waals surface area contributed by atoms with Gasteiger partial charge in [-0.1, -0.05) is 0 Å². The van der Waals surface area contributed by atoms with Crippen molar-refractivity contribution < 1.29 is 4.79 Å². The molecule has 0 radical (unpaired) electrons. The van der Waals surface area contributed by atoms with Gasteiger partial charge < -0.3 is 4.90 Å². The lowest BCUT2D eigenvalue weighted by atomic mass is 10.0. The number of carbonyl (C=O) groups excluding carboxylic acids is 1. The highest BCUT2D eigenvalue weighted by atomic mass is 16.2. The Kier molecular flexibility index (Phi) is 4.02. The zero-order valence-electron chi connectivity index (χ0n) is 14.0. The summed E-state index contributed by atoms with van der Waals surface area (Å²) in [6.45, 7) is 6.38. The molecule has 2 aromatic heterocycles. The van der Waals surface area contributed by atoms with Gasteiger partial charge in [0.2, 0.25) is 0 Å². The minimum atomic E-state index is -0.0659. The summed E-state index contributed by atoms with van der Waals surface area (Å²) >= 11 is 0. The Morgan fingerprint density at radius 3 is 2.79 bits per heavy atom. The number of H-pyrrole nitrogens is 1. The van der Waals surface area contributed by atoms with Gasteiger partial charge in [-0.3, -0.25) is 19.8 Å². The van der Waals surface area contributed by atoms with Crippen molar-refractivity contribution in [3.8, 4) is 0 Å². The van der Waals surface area contributed by atoms with E-state index in [2.05, 4.69) is 25.1 Å². The third-order valence-electron chi connectivity index (χ3n) is 4.88. The molecule has 1 saturated heterocycles. The molecule has 0 saturated carbocycles. The lowest BCUT2D eigenvalue weighted by molar-refractivity contribution is 0.0725. The predicted octanol–water partition coefficient (Wildman–Crippen LogP) is 1.30. The van der Waals surface area contributed by atoms with E-state index >= 15 is 0 Å². The molecule has 1 N–H and O–H groups in total. The smallest absolute Gasteiger partial charge is 0.274 e. The Labute approximate surface area is 141 Å². The van der Waals surface area contributed by atoms with E-state index in [0.717, 1.165) is 30.0 Å². The number of aryl methyl sites for hydroxylation is 1. The second-order valence-corrected chi connectivity index (χ2v) is 6.63. The summed E-state index contributed by atoms with van der Waals surface area (Å²) in [6.07, 6.45) is 6.60. The molecule has 1 amide bonds. The standard InChI is InChI=1S/C17H22N6O/c1-12-8-19-14(9-18-12)17(24)23-7-4-13-15(20-21-16(13)11-23)10-22-5-2-3-6-22/h8-9H,2-7,10-11H2,1H3,(H,20,21). The van der Waals surface area contributed by atoms with Gasteiger partial charge in [0.05, 0.1) is 29.8 Å². The zero-order valence-corrected chi connectivity index (χ0v) is 14.0. The number of fused-ring (bicyclic) bond motifs is 1. The maximum absolute atomic E-state index is 12.6. The van der Waals surface area contributed by atoms with E-state index in [9.17, 15) is 4.79 Å². The molecular weight excluding hydrogens is 304 g/mol. The van der Waals surface area contributed by atoms with E-state index in [4.69, 9.17) is 0 Å². The summed E-state index contributed by atoms with van der Waals surface area (Å²) in [5, 5.41) is 7.65. The van der Waals surface area contributed by atoms with Crippen LogP contribution in [0.5, 0.6) is 0 Å². The molecule has 2 aromatic rings. The monoisotopic (exact) mass is 326 g/mol. The topological polar surface area (TPSA) is 78.0 Å². The minimum absolute atomic E-state index is 0.0659. The number of likely N-dealkylation sites (tertiary alicyclic amines) is 1. The number of aromatic amines is 1. The quantitative estimate of drug-likeness (QED) is 0.920. The number of rotatable bonds is 3. The van der Waals surface area contributed by atoms with Gasteiger partial charge in [0, 0.05) is 24.8 Å². The molecule has 4 heterocycles. The second kappa shape index (κ2) is 6.32. The molecule has 1 fully saturated rings. The van der Waals surface area contributed by atoms with Crippen molar-refractivity contribution >= 4 is 5.91 Å². The van der Waals surface area contributed by atoms with Crippen LogP contribution in [0.1, 0.15) is 46.0 Å². The van der Waals surface area contributed by atoms with Crippen LogP contribution in [0.4, 0.5) is 0 Å². The van der Waals surface area contributed by atoms with E-state index < -0.39 is 0 Å². The molecule has 24 heavy (non-hydrogen) atoms. The van der Waals surface area contributed by atoms with Crippen molar-refractivity contribution in [3.05, 3.63) is 40.7 Å². The molecule has 0 spiro atoms. The van der Waals surface area contributed by atoms with Crippen LogP contribution in [-0.4, -0.2) is 55.5 Å². The van der Waals surface area contributed by atoms with Crippen LogP contribution in [-0.2, 0) is 19.5 Å². The highest BCUT2D eigenvalue weighted by molar-refractivity contribution is 5.92. The summed E-state index contributed by atoms with van der Waals surface area (Å²) in [7, 11) is 0. The fourth-order valence-electron chi connectivity index (χ4n) is 3.51. The largest absolute Gasteiger partial charge is 0.331 e. The molecule has 126 valence electrons. The fourth-order valence-corrected chi connectivity index (χ4v) is 3.51. The lowest BCUT2D eigenvalue weighted by Crippen LogP contribution is -2.36. The van der Waals surface area contributed by atoms with E-state index in [0.29, 0.717) is 18.8 Å². The van der Waals surface area contributed by atoms with Crippen molar-refractivity contribution in [2.24, 2.45) is 0 Å². The Morgan fingerprint density at radius 1 is 1.21 bits per heavy atom. The van der Waals surface area contributed by atoms with E-state index in [-0.39, 0.29) is 5.91 Å². The van der Waals surface area contributed by atoms with Crippen LogP contribution in [0.15, 0.2) is 12.4 Å². The number of nitrogens with one attached hydrogen (secondary N) is 1. The molecule has 4 rings (SSSR count). The first kappa shape index (κ1) is 15.3. The van der Waals surface area contributed by atoms with Crippen molar-refractivity contribution in [1.82, 2.24) is 30.0 Å². The van der Waals surface area contributed by atoms with Crippen LogP contribution < -0.4 is 0 Å². The molecule has 7 nitrogen and oxygen atoms in total. The zero-order chi connectivity index (χ0) is 16.5. The number of hydrogen-bond donors (Lipinski definition) is 1. The summed E-state index contributed by atoms with van der Waals surface area (Å²) in [6, 6.07) is 0. The highest BCUT2D eigenvalue weighted by Crippen LogP contribution is 2.23. The van der Waals surface area contributed by atoms with Crippen molar-refractivity contribution in [2.75, 3.05) is 19.6 Å². The Balaban J connectivity index is 1.47. The lowest BCUT2D eigenvalue weighted by Gasteiger charge is -2.27. The Morgan fingerprint density at radius 2 is 2.04 bits per heavy atom. The van der Waals surface area contributed by atoms with Gasteiger partial charge in [-0.25, -0.2) is 4.98 Å². The molecule has 2 aliphatic heterocycles. The van der Waals surface area contributed by atoms with Gasteiger partial charge in [-0.2, -0.15) is 5.10 Å². The van der Waals surface area contributed by atoms with Gasteiger partial charge in [-0.15, -0.1) is 0 Å². The average Bonchev–Trinajstić information content (AvgIpc) is 3.25. The summed E-state index contributed by atoms with van der Waals surface area (Å²) in [5.41, 5.74) is 4.72. The van der Waals surface area contributed by atoms with Gasteiger partial charge in [0.15, 0.2) is 0 Å². The molecule has 0 aromatic carbocycles. The van der Waals surface area contributed by atoms with Gasteiger partial charge in [0.1, 0.15) is 5.69 Å². The minimum Gasteiger partial charge on any atom is -0.331 e. The SMILES string of the molecule is Cc1cnc(C(=O)N2CCc3c(CN4CCCC4)n[nH]c3C2)cn1. The third-order valence-corrected chi connectivity index (χ3v) is 4.88. The predicted molar refractivity (Wildman–Crippen MR) is 88.3 cm³/mol. The van der Waals surface area contributed by atoms with Crippen LogP contribution in [0.3, 0.4) is 0 Å². The fraction of sp³-hybridized carbons (Fsp3) is 0.529. The van der Waals surface area contributed by atoms with E-state index in [1.165, 1.54) is 31.5 Å². The van der Waals surface area contributed by atoms with Gasteiger partial charge >= 0.3 is 0 Å². The van der Waals surface area contributed by atoms with Crippen LogP contribution >= 0.6 is 0 Å². The number of aromatic nitrogens is 4. The molecule has 2 aliphatic rings. The first-order valence-electron chi connectivity index (χ1n) is 8.56. The highest BCUT2D eigenvalue weighted by Gasteiger charge is 2.27. The van der Waals surface area contributed by atoms with Gasteiger partial charge in [0.25, 0.3) is 5.91 Å². The van der Waals surface area contributed by atoms with E-state index in [1.807, 2.05) is 11.8 Å². The summed E-state index contributed by atoms with van der Waals surface area (Å²) in [4.78, 5) is 25.2. The third kappa shape index (κ3) is 2.91. The average molecular weight is 326 g/mol. The number of nitrogens with zero attached hydrogens (tertiary/aromatic N) is 5. The van der Waals surface area contributed by atoms with Crippen molar-refractivity contribution in [1.29, 1.82) is 0 Å². The Bertz CT molecular complexity index is 732. The van der Waals surface area contributed by atoms with Crippen LogP contribution in [0.25, 0.3) is 0 Å². The maximum Gasteiger partial charge on any atom is 0.274 e. The second-order valence-electron chi connectivity index (χ2n) is 6.63. The Hall–Kier alpha value is -2.28. The first-order valence-corrected chi connectivity index (χ1v) is 8.56. The molecule has 7 heteroatoms. The summed E-state index contributed by atoms with van der Waals surface area (Å²) in [5.74, 6) is -0.0659. The van der Waals surface area contributed by atoms with Crippen LogP contribution in [0.2, 0.25) is 0 Å².